The van der Waals surface area contributed by atoms with Crippen LogP contribution in [-0.2, 0) is 4.74 Å². The highest BCUT2D eigenvalue weighted by molar-refractivity contribution is 5.89. The van der Waals surface area contributed by atoms with E-state index in [0.717, 1.165) is 37.2 Å². The van der Waals surface area contributed by atoms with Gasteiger partial charge in [-0.1, -0.05) is 12.1 Å². The number of urea groups is 1. The maximum absolute atomic E-state index is 12.2. The van der Waals surface area contributed by atoms with Crippen LogP contribution in [0.15, 0.2) is 24.3 Å². The molecule has 0 radical (unpaired) electrons. The van der Waals surface area contributed by atoms with E-state index in [9.17, 15) is 4.79 Å². The van der Waals surface area contributed by atoms with Crippen LogP contribution in [0.2, 0.25) is 0 Å². The summed E-state index contributed by atoms with van der Waals surface area (Å²) in [5, 5.41) is 9.30. The molecular formula is C15H23N3O2. The number of methoxy groups -OCH3 is 1. The lowest BCUT2D eigenvalue weighted by Gasteiger charge is -2.29. The van der Waals surface area contributed by atoms with Gasteiger partial charge in [-0.3, -0.25) is 0 Å². The second kappa shape index (κ2) is 6.72. The van der Waals surface area contributed by atoms with E-state index in [4.69, 9.17) is 4.74 Å². The van der Waals surface area contributed by atoms with Gasteiger partial charge in [-0.15, -0.1) is 0 Å². The third kappa shape index (κ3) is 3.95. The number of hydrogen-bond donors (Lipinski definition) is 3. The first kappa shape index (κ1) is 14.8. The van der Waals surface area contributed by atoms with Gasteiger partial charge in [0.15, 0.2) is 0 Å². The number of ether oxygens (including phenoxy) is 1. The Morgan fingerprint density at radius 2 is 2.35 bits per heavy atom. The van der Waals surface area contributed by atoms with Crippen LogP contribution in [0, 0.1) is 6.92 Å². The van der Waals surface area contributed by atoms with Crippen LogP contribution in [0.5, 0.6) is 0 Å². The minimum atomic E-state index is -0.204. The van der Waals surface area contributed by atoms with Crippen molar-refractivity contribution in [3.8, 4) is 0 Å². The highest BCUT2D eigenvalue weighted by Gasteiger charge is 2.34. The standard InChI is InChI=1S/C15H23N3O2/c1-12-4-3-5-13(10-12)17-14(19)18-15(7-9-20-2)6-8-16-11-15/h3-5,10,16H,6-9,11H2,1-2H3,(H2,17,18,19). The van der Waals surface area contributed by atoms with E-state index in [-0.39, 0.29) is 11.6 Å². The Kier molecular flexibility index (Phi) is 4.98. The van der Waals surface area contributed by atoms with Crippen LogP contribution in [0.4, 0.5) is 10.5 Å². The first-order valence-electron chi connectivity index (χ1n) is 6.99. The Labute approximate surface area is 120 Å². The summed E-state index contributed by atoms with van der Waals surface area (Å²) in [6.45, 7) is 4.36. The minimum absolute atomic E-state index is 0.157. The van der Waals surface area contributed by atoms with E-state index in [1.54, 1.807) is 7.11 Å². The van der Waals surface area contributed by atoms with Crippen LogP contribution in [0.1, 0.15) is 18.4 Å². The summed E-state index contributed by atoms with van der Waals surface area (Å²) in [6, 6.07) is 7.62. The Balaban J connectivity index is 1.94. The van der Waals surface area contributed by atoms with Crippen molar-refractivity contribution in [2.75, 3.05) is 32.1 Å². The van der Waals surface area contributed by atoms with Crippen LogP contribution >= 0.6 is 0 Å². The van der Waals surface area contributed by atoms with Crippen LogP contribution in [0.25, 0.3) is 0 Å². The first-order valence-corrected chi connectivity index (χ1v) is 6.99. The molecule has 1 aliphatic rings. The largest absolute Gasteiger partial charge is 0.385 e. The fourth-order valence-corrected chi connectivity index (χ4v) is 2.55. The molecule has 0 bridgehead atoms. The fourth-order valence-electron chi connectivity index (χ4n) is 2.55. The van der Waals surface area contributed by atoms with Crippen molar-refractivity contribution in [1.29, 1.82) is 0 Å². The van der Waals surface area contributed by atoms with Gasteiger partial charge in [0, 0.05) is 25.9 Å². The van der Waals surface area contributed by atoms with E-state index in [1.165, 1.54) is 0 Å². The molecule has 3 N–H and O–H groups in total. The molecule has 1 aromatic rings. The van der Waals surface area contributed by atoms with Gasteiger partial charge < -0.3 is 20.7 Å². The van der Waals surface area contributed by atoms with Crippen molar-refractivity contribution in [2.24, 2.45) is 0 Å². The van der Waals surface area contributed by atoms with Gasteiger partial charge in [-0.05, 0) is 44.0 Å². The third-order valence-electron chi connectivity index (χ3n) is 3.68. The second-order valence-electron chi connectivity index (χ2n) is 5.40. The van der Waals surface area contributed by atoms with Gasteiger partial charge in [0.05, 0.1) is 5.54 Å². The molecule has 1 aliphatic heterocycles. The summed E-state index contributed by atoms with van der Waals surface area (Å²) in [6.07, 6.45) is 1.75. The van der Waals surface area contributed by atoms with Crippen molar-refractivity contribution >= 4 is 11.7 Å². The maximum atomic E-state index is 12.2. The molecule has 1 saturated heterocycles. The van der Waals surface area contributed by atoms with E-state index in [0.29, 0.717) is 6.61 Å². The molecule has 1 aromatic carbocycles. The second-order valence-corrected chi connectivity index (χ2v) is 5.40. The highest BCUT2D eigenvalue weighted by atomic mass is 16.5. The topological polar surface area (TPSA) is 62.4 Å². The lowest BCUT2D eigenvalue weighted by Crippen LogP contribution is -2.52. The number of hydrogen-bond acceptors (Lipinski definition) is 3. The van der Waals surface area contributed by atoms with Crippen molar-refractivity contribution in [1.82, 2.24) is 10.6 Å². The SMILES string of the molecule is COCCC1(NC(=O)Nc2cccc(C)c2)CCNC1. The predicted octanol–water partition coefficient (Wildman–Crippen LogP) is 1.89. The Bertz CT molecular complexity index is 456. The van der Waals surface area contributed by atoms with Crippen LogP contribution in [0.3, 0.4) is 0 Å². The van der Waals surface area contributed by atoms with E-state index in [1.807, 2.05) is 31.2 Å². The first-order chi connectivity index (χ1) is 9.63. The summed E-state index contributed by atoms with van der Waals surface area (Å²) in [7, 11) is 1.68. The number of rotatable bonds is 5. The number of aryl methyl sites for hydroxylation is 1. The quantitative estimate of drug-likeness (QED) is 0.770. The minimum Gasteiger partial charge on any atom is -0.385 e. The molecule has 1 heterocycles. The number of anilines is 1. The average molecular weight is 277 g/mol. The van der Waals surface area contributed by atoms with Gasteiger partial charge >= 0.3 is 6.03 Å². The lowest BCUT2D eigenvalue weighted by atomic mass is 9.95. The van der Waals surface area contributed by atoms with Gasteiger partial charge in [0.25, 0.3) is 0 Å². The molecular weight excluding hydrogens is 254 g/mol. The zero-order valence-corrected chi connectivity index (χ0v) is 12.2. The van der Waals surface area contributed by atoms with Crippen LogP contribution in [-0.4, -0.2) is 38.4 Å². The maximum Gasteiger partial charge on any atom is 0.319 e. The summed E-state index contributed by atoms with van der Waals surface area (Å²) < 4.78 is 5.14. The van der Waals surface area contributed by atoms with Crippen molar-refractivity contribution in [2.45, 2.75) is 25.3 Å². The smallest absolute Gasteiger partial charge is 0.319 e. The highest BCUT2D eigenvalue weighted by Crippen LogP contribution is 2.19. The van der Waals surface area contributed by atoms with Crippen molar-refractivity contribution in [3.05, 3.63) is 29.8 Å². The molecule has 1 fully saturated rings. The van der Waals surface area contributed by atoms with Gasteiger partial charge in [-0.25, -0.2) is 4.79 Å². The predicted molar refractivity (Wildman–Crippen MR) is 80.0 cm³/mol. The summed E-state index contributed by atoms with van der Waals surface area (Å²) >= 11 is 0. The van der Waals surface area contributed by atoms with E-state index in [2.05, 4.69) is 16.0 Å². The molecule has 0 saturated carbocycles. The molecule has 1 atom stereocenters. The Morgan fingerprint density at radius 3 is 3.00 bits per heavy atom. The van der Waals surface area contributed by atoms with Gasteiger partial charge in [0.1, 0.15) is 0 Å². The molecule has 110 valence electrons. The molecule has 1 unspecified atom stereocenters. The molecule has 20 heavy (non-hydrogen) atoms. The Hall–Kier alpha value is -1.59. The number of carbonyl (C=O) groups excluding carboxylic acids is 1. The van der Waals surface area contributed by atoms with E-state index < -0.39 is 0 Å². The Morgan fingerprint density at radius 1 is 1.50 bits per heavy atom. The molecule has 5 heteroatoms. The van der Waals surface area contributed by atoms with Crippen molar-refractivity contribution < 1.29 is 9.53 Å². The lowest BCUT2D eigenvalue weighted by molar-refractivity contribution is 0.161. The average Bonchev–Trinajstić information content (AvgIpc) is 2.85. The zero-order chi connectivity index (χ0) is 14.4. The van der Waals surface area contributed by atoms with Gasteiger partial charge in [0.2, 0.25) is 0 Å². The molecule has 2 amide bonds. The molecule has 0 spiro atoms. The molecule has 0 aliphatic carbocycles. The molecule has 2 rings (SSSR count). The fraction of sp³-hybridized carbons (Fsp3) is 0.533. The van der Waals surface area contributed by atoms with Crippen LogP contribution < -0.4 is 16.0 Å². The summed E-state index contributed by atoms with van der Waals surface area (Å²) in [4.78, 5) is 12.2. The summed E-state index contributed by atoms with van der Waals surface area (Å²) in [5.74, 6) is 0. The molecule has 5 nitrogen and oxygen atoms in total. The third-order valence-corrected chi connectivity index (χ3v) is 3.68. The summed E-state index contributed by atoms with van der Waals surface area (Å²) in [5.41, 5.74) is 1.74. The van der Waals surface area contributed by atoms with E-state index >= 15 is 0 Å². The van der Waals surface area contributed by atoms with Gasteiger partial charge in [-0.2, -0.15) is 0 Å². The zero-order valence-electron chi connectivity index (χ0n) is 12.2. The van der Waals surface area contributed by atoms with Crippen molar-refractivity contribution in [3.63, 3.8) is 0 Å². The number of benzene rings is 1. The number of carbonyl (C=O) groups is 1. The number of nitrogens with one attached hydrogen (secondary N) is 3. The number of amides is 2. The molecule has 0 aromatic heterocycles. The monoisotopic (exact) mass is 277 g/mol. The normalized spacial score (nSPS) is 21.7.